The van der Waals surface area contributed by atoms with Crippen molar-refractivity contribution < 1.29 is 30.3 Å². The second kappa shape index (κ2) is 8.01. The molecule has 0 bridgehead atoms. The van der Waals surface area contributed by atoms with Crippen LogP contribution in [0.2, 0.25) is 0 Å². The molecule has 0 aromatic rings. The van der Waals surface area contributed by atoms with E-state index < -0.39 is 15.9 Å². The molecule has 0 spiro atoms. The molecule has 62 valence electrons. The van der Waals surface area contributed by atoms with Gasteiger partial charge in [-0.2, -0.15) is 6.08 Å². The van der Waals surface area contributed by atoms with Crippen LogP contribution in [0, 0.1) is 6.08 Å². The largest absolute Gasteiger partial charge is 0.273 e. The van der Waals surface area contributed by atoms with Crippen LogP contribution in [0.25, 0.3) is 0 Å². The molecular formula is C8H5MoO3-. The monoisotopic (exact) mass is 247 g/mol. The summed E-state index contributed by atoms with van der Waals surface area (Å²) in [6, 6.07) is 0. The van der Waals surface area contributed by atoms with Gasteiger partial charge in [-0.05, 0) is 0 Å². The van der Waals surface area contributed by atoms with E-state index in [-0.39, 0.29) is 0 Å². The van der Waals surface area contributed by atoms with Gasteiger partial charge in [-0.15, -0.1) is 6.42 Å². The van der Waals surface area contributed by atoms with Crippen molar-refractivity contribution in [2.45, 2.75) is 6.42 Å². The zero-order valence-corrected chi connectivity index (χ0v) is 8.08. The summed E-state index contributed by atoms with van der Waals surface area (Å²) in [5, 5.41) is 0. The Morgan fingerprint density at radius 2 is 1.75 bits per heavy atom. The first-order chi connectivity index (χ1) is 5.85. The molecule has 1 rings (SSSR count). The molecule has 0 amide bonds. The molecule has 0 saturated carbocycles. The van der Waals surface area contributed by atoms with Crippen molar-refractivity contribution in [3.05, 3.63) is 24.3 Å². The summed E-state index contributed by atoms with van der Waals surface area (Å²) in [6.45, 7) is 0. The van der Waals surface area contributed by atoms with Gasteiger partial charge in [-0.3, -0.25) is 6.08 Å². The molecular weight excluding hydrogens is 240 g/mol. The van der Waals surface area contributed by atoms with Gasteiger partial charge in [-0.1, -0.05) is 0 Å². The third-order valence-corrected chi connectivity index (χ3v) is 2.06. The summed E-state index contributed by atoms with van der Waals surface area (Å²) in [6.07, 6.45) is 10.0. The van der Waals surface area contributed by atoms with Crippen molar-refractivity contribution >= 4 is 12.8 Å². The Bertz CT molecular complexity index is 340. The zero-order chi connectivity index (χ0) is 9.23. The van der Waals surface area contributed by atoms with Gasteiger partial charge >= 0.3 is 43.1 Å². The van der Waals surface area contributed by atoms with Crippen LogP contribution < -0.4 is 0 Å². The fraction of sp³-hybridized carbons (Fsp3) is 0.125. The molecule has 0 atom stereocenters. The van der Waals surface area contributed by atoms with E-state index in [4.69, 9.17) is 0 Å². The number of hydrogen-bond donors (Lipinski definition) is 0. The van der Waals surface area contributed by atoms with E-state index in [1.54, 1.807) is 0 Å². The second-order valence-electron chi connectivity index (χ2n) is 1.56. The first-order valence-corrected chi connectivity index (χ1v) is 5.95. The molecule has 0 radical (unpaired) electrons. The fourth-order valence-electron chi connectivity index (χ4n) is 0.391. The number of allylic oxidation sites excluding steroid dienone is 4. The van der Waals surface area contributed by atoms with Gasteiger partial charge in [0.25, 0.3) is 0 Å². The van der Waals surface area contributed by atoms with E-state index in [2.05, 4.69) is 12.2 Å². The molecule has 4 heteroatoms. The Balaban J connectivity index is 0.000000211. The Morgan fingerprint density at radius 1 is 1.17 bits per heavy atom. The molecule has 0 N–H and O–H groups in total. The van der Waals surface area contributed by atoms with Gasteiger partial charge in [0.15, 0.2) is 0 Å². The third-order valence-electron chi connectivity index (χ3n) is 0.836. The fourth-order valence-corrected chi connectivity index (χ4v) is 0.642. The van der Waals surface area contributed by atoms with Crippen LogP contribution in [0.5, 0.6) is 0 Å². The maximum absolute atomic E-state index is 9.39. The normalized spacial score (nSPS) is 10.3. The van der Waals surface area contributed by atoms with Crippen molar-refractivity contribution in [1.82, 2.24) is 0 Å². The summed E-state index contributed by atoms with van der Waals surface area (Å²) in [5.74, 6) is 0. The van der Waals surface area contributed by atoms with Crippen molar-refractivity contribution in [3.63, 3.8) is 0 Å². The minimum absolute atomic E-state index is 1.01. The maximum atomic E-state index is 9.39. The van der Waals surface area contributed by atoms with E-state index in [0.29, 0.717) is 0 Å². The molecule has 0 aromatic carbocycles. The van der Waals surface area contributed by atoms with Crippen molar-refractivity contribution in [3.8, 4) is 0 Å². The number of rotatable bonds is 0. The van der Waals surface area contributed by atoms with Crippen LogP contribution in [0.15, 0.2) is 18.2 Å². The minimum atomic E-state index is -2.85. The Kier molecular flexibility index (Phi) is 7.28. The van der Waals surface area contributed by atoms with Gasteiger partial charge in [0.2, 0.25) is 0 Å². The molecule has 0 aliphatic heterocycles. The van der Waals surface area contributed by atoms with Gasteiger partial charge < -0.3 is 0 Å². The van der Waals surface area contributed by atoms with Gasteiger partial charge in [0.05, 0.1) is 0 Å². The van der Waals surface area contributed by atoms with Crippen LogP contribution in [0.1, 0.15) is 6.42 Å². The number of hydrogen-bond acceptors (Lipinski definition) is 3. The first-order valence-electron chi connectivity index (χ1n) is 2.94. The standard InChI is InChI=1S/C5H5.3CO.Mo/c1-2-4-5-3-1;3*1-2;/h1-3H,4H2;;;;/q-1;;;;. The summed E-state index contributed by atoms with van der Waals surface area (Å²) in [5.41, 5.74) is 0. The minimum Gasteiger partial charge on any atom is -0.273 e. The van der Waals surface area contributed by atoms with E-state index in [1.165, 1.54) is 12.8 Å². The van der Waals surface area contributed by atoms with Crippen LogP contribution in [-0.2, 0) is 30.3 Å². The van der Waals surface area contributed by atoms with E-state index in [1.807, 2.05) is 12.2 Å². The molecule has 1 aliphatic rings. The predicted molar refractivity (Wildman–Crippen MR) is 38.7 cm³/mol. The maximum Gasteiger partial charge on any atom is -0.109 e. The molecule has 3 nitrogen and oxygen atoms in total. The molecule has 0 fully saturated rings. The smallest absolute Gasteiger partial charge is 0.109 e. The van der Waals surface area contributed by atoms with Crippen LogP contribution in [0.4, 0.5) is 0 Å². The average molecular weight is 245 g/mol. The van der Waals surface area contributed by atoms with Crippen molar-refractivity contribution in [1.29, 1.82) is 0 Å². The molecule has 0 heterocycles. The molecule has 0 saturated heterocycles. The van der Waals surface area contributed by atoms with Gasteiger partial charge in [0.1, 0.15) is 0 Å². The van der Waals surface area contributed by atoms with Crippen molar-refractivity contribution in [2.75, 3.05) is 0 Å². The third kappa shape index (κ3) is 5.67. The SMILES string of the molecule is O=[C]=[Mo](=[C]=O)=[C]=O.[C-]1=CC=CC1. The predicted octanol–water partition coefficient (Wildman–Crippen LogP) is 0.112. The number of carbonyl (C=O) groups excluding carboxylic acids is 3. The topological polar surface area (TPSA) is 51.2 Å². The zero-order valence-electron chi connectivity index (χ0n) is 6.07. The van der Waals surface area contributed by atoms with E-state index >= 15 is 0 Å². The molecule has 0 aromatic heterocycles. The average Bonchev–Trinajstić information content (AvgIpc) is 2.64. The molecule has 12 heavy (non-hydrogen) atoms. The molecule has 0 unspecified atom stereocenters. The van der Waals surface area contributed by atoms with Crippen molar-refractivity contribution in [2.24, 2.45) is 0 Å². The Labute approximate surface area is 74.1 Å². The molecule has 1 aliphatic carbocycles. The van der Waals surface area contributed by atoms with E-state index in [0.717, 1.165) is 6.42 Å². The van der Waals surface area contributed by atoms with Crippen LogP contribution in [-0.4, -0.2) is 12.8 Å². The summed E-state index contributed by atoms with van der Waals surface area (Å²) in [7, 11) is 0. The Morgan fingerprint density at radius 3 is 1.83 bits per heavy atom. The quantitative estimate of drug-likeness (QED) is 0.449. The van der Waals surface area contributed by atoms with Crippen LogP contribution >= 0.6 is 0 Å². The summed E-state index contributed by atoms with van der Waals surface area (Å²) < 4.78 is 3.82. The van der Waals surface area contributed by atoms with Crippen LogP contribution in [0.3, 0.4) is 0 Å². The second-order valence-corrected chi connectivity index (χ2v) is 4.29. The summed E-state index contributed by atoms with van der Waals surface area (Å²) in [4.78, 5) is 28.2. The summed E-state index contributed by atoms with van der Waals surface area (Å²) >= 11 is -2.85. The Hall–Kier alpha value is -1.09. The van der Waals surface area contributed by atoms with Gasteiger partial charge in [0, 0.05) is 0 Å². The van der Waals surface area contributed by atoms with Gasteiger partial charge in [-0.25, -0.2) is 12.2 Å². The van der Waals surface area contributed by atoms with E-state index in [9.17, 15) is 14.4 Å². The first kappa shape index (κ1) is 10.9.